The molecule has 1 aliphatic heterocycles. The van der Waals surface area contributed by atoms with Crippen molar-refractivity contribution >= 4 is 17.5 Å². The number of aliphatic imine (C=N–C) groups is 1. The van der Waals surface area contributed by atoms with Crippen molar-refractivity contribution in [2.45, 2.75) is 26.3 Å². The van der Waals surface area contributed by atoms with Crippen molar-refractivity contribution in [2.75, 3.05) is 11.9 Å². The first-order valence-electron chi connectivity index (χ1n) is 9.93. The molecule has 0 unspecified atom stereocenters. The molecule has 0 bridgehead atoms. The fourth-order valence-corrected chi connectivity index (χ4v) is 3.44. The van der Waals surface area contributed by atoms with E-state index in [0.717, 1.165) is 34.4 Å². The lowest BCUT2D eigenvalue weighted by molar-refractivity contribution is 0.101. The van der Waals surface area contributed by atoms with Crippen LogP contribution >= 0.6 is 0 Å². The molecule has 3 aromatic rings. The normalized spacial score (nSPS) is 14.7. The van der Waals surface area contributed by atoms with Crippen LogP contribution in [0.2, 0.25) is 0 Å². The minimum absolute atomic E-state index is 0.238. The Kier molecular flexibility index (Phi) is 5.31. The van der Waals surface area contributed by atoms with Crippen molar-refractivity contribution in [3.8, 4) is 11.1 Å². The zero-order chi connectivity index (χ0) is 22.2. The summed E-state index contributed by atoms with van der Waals surface area (Å²) < 4.78 is 33.4. The van der Waals surface area contributed by atoms with Gasteiger partial charge in [0, 0.05) is 11.3 Å². The Hall–Kier alpha value is -3.54. The highest BCUT2D eigenvalue weighted by Crippen LogP contribution is 2.28. The molecular weight excluding hydrogens is 398 g/mol. The average Bonchev–Trinajstić information content (AvgIpc) is 3.09. The summed E-state index contributed by atoms with van der Waals surface area (Å²) in [5.74, 6) is -2.01. The first-order chi connectivity index (χ1) is 14.7. The maximum absolute atomic E-state index is 13.8. The van der Waals surface area contributed by atoms with E-state index in [4.69, 9.17) is 4.74 Å². The Morgan fingerprint density at radius 2 is 1.65 bits per heavy atom. The lowest BCUT2D eigenvalue weighted by Gasteiger charge is -2.11. The van der Waals surface area contributed by atoms with E-state index in [1.165, 1.54) is 6.07 Å². The molecule has 3 aromatic carbocycles. The van der Waals surface area contributed by atoms with Gasteiger partial charge in [-0.3, -0.25) is 4.79 Å². The number of carbonyl (C=O) groups is 1. The number of anilines is 1. The standard InChI is InChI=1S/C25H22F2N2O2/c1-15-7-8-17(24-29-25(2,3)14-31-24)13-19(15)16-9-11-18(12-10-16)28-23(30)22-20(26)5-4-6-21(22)27/h4-13H,14H2,1-3H3,(H,28,30). The smallest absolute Gasteiger partial charge is 0.261 e. The molecule has 158 valence electrons. The molecule has 0 atom stereocenters. The van der Waals surface area contributed by atoms with Gasteiger partial charge in [-0.05, 0) is 73.9 Å². The van der Waals surface area contributed by atoms with Gasteiger partial charge in [-0.2, -0.15) is 0 Å². The first kappa shape index (κ1) is 20.7. The minimum Gasteiger partial charge on any atom is -0.475 e. The van der Waals surface area contributed by atoms with E-state index in [2.05, 4.69) is 10.3 Å². The monoisotopic (exact) mass is 420 g/mol. The fraction of sp³-hybridized carbons (Fsp3) is 0.200. The predicted molar refractivity (Wildman–Crippen MR) is 117 cm³/mol. The van der Waals surface area contributed by atoms with Crippen LogP contribution in [0.25, 0.3) is 11.1 Å². The van der Waals surface area contributed by atoms with Crippen LogP contribution in [0.5, 0.6) is 0 Å². The van der Waals surface area contributed by atoms with Crippen molar-refractivity contribution in [1.29, 1.82) is 0 Å². The Morgan fingerprint density at radius 1 is 1.00 bits per heavy atom. The third-order valence-electron chi connectivity index (χ3n) is 5.09. The van der Waals surface area contributed by atoms with Gasteiger partial charge in [0.2, 0.25) is 5.90 Å². The maximum Gasteiger partial charge on any atom is 0.261 e. The van der Waals surface area contributed by atoms with Crippen molar-refractivity contribution in [2.24, 2.45) is 4.99 Å². The van der Waals surface area contributed by atoms with E-state index in [-0.39, 0.29) is 5.54 Å². The van der Waals surface area contributed by atoms with Crippen LogP contribution in [-0.2, 0) is 4.74 Å². The van der Waals surface area contributed by atoms with Crippen molar-refractivity contribution < 1.29 is 18.3 Å². The van der Waals surface area contributed by atoms with E-state index in [0.29, 0.717) is 18.2 Å². The number of carbonyl (C=O) groups excluding carboxylic acids is 1. The molecule has 0 aromatic heterocycles. The number of hydrogen-bond acceptors (Lipinski definition) is 3. The molecule has 1 aliphatic rings. The third-order valence-corrected chi connectivity index (χ3v) is 5.09. The Bertz CT molecular complexity index is 1160. The van der Waals surface area contributed by atoms with Gasteiger partial charge < -0.3 is 10.1 Å². The number of aryl methyl sites for hydroxylation is 1. The molecule has 31 heavy (non-hydrogen) atoms. The molecule has 0 saturated heterocycles. The topological polar surface area (TPSA) is 50.7 Å². The molecule has 4 rings (SSSR count). The number of nitrogens with zero attached hydrogens (tertiary/aromatic N) is 1. The highest BCUT2D eigenvalue weighted by atomic mass is 19.1. The van der Waals surface area contributed by atoms with E-state index in [1.807, 2.05) is 51.1 Å². The van der Waals surface area contributed by atoms with Gasteiger partial charge in [-0.1, -0.05) is 24.3 Å². The van der Waals surface area contributed by atoms with Gasteiger partial charge in [-0.25, -0.2) is 13.8 Å². The first-order valence-corrected chi connectivity index (χ1v) is 9.93. The van der Waals surface area contributed by atoms with Crippen LogP contribution < -0.4 is 5.32 Å². The van der Waals surface area contributed by atoms with Gasteiger partial charge in [0.15, 0.2) is 0 Å². The highest BCUT2D eigenvalue weighted by Gasteiger charge is 2.27. The summed E-state index contributed by atoms with van der Waals surface area (Å²) in [6, 6.07) is 16.4. The maximum atomic E-state index is 13.8. The second-order valence-electron chi connectivity index (χ2n) is 8.18. The molecule has 0 spiro atoms. The summed E-state index contributed by atoms with van der Waals surface area (Å²) in [5, 5.41) is 2.54. The molecule has 4 nitrogen and oxygen atoms in total. The minimum atomic E-state index is -0.901. The summed E-state index contributed by atoms with van der Waals surface area (Å²) in [4.78, 5) is 16.9. The molecule has 0 radical (unpaired) electrons. The summed E-state index contributed by atoms with van der Waals surface area (Å²) in [6.45, 7) is 6.60. The largest absolute Gasteiger partial charge is 0.475 e. The SMILES string of the molecule is Cc1ccc(C2=NC(C)(C)CO2)cc1-c1ccc(NC(=O)c2c(F)cccc2F)cc1. The number of ether oxygens (including phenoxy) is 1. The number of rotatable bonds is 4. The van der Waals surface area contributed by atoms with Crippen molar-refractivity contribution in [3.63, 3.8) is 0 Å². The zero-order valence-electron chi connectivity index (χ0n) is 17.5. The Labute approximate surface area is 179 Å². The van der Waals surface area contributed by atoms with Crippen LogP contribution in [0, 0.1) is 18.6 Å². The lowest BCUT2D eigenvalue weighted by Crippen LogP contribution is -2.17. The second kappa shape index (κ2) is 7.95. The quantitative estimate of drug-likeness (QED) is 0.584. The summed E-state index contributed by atoms with van der Waals surface area (Å²) in [5.41, 5.74) is 3.52. The van der Waals surface area contributed by atoms with Gasteiger partial charge in [0.05, 0.1) is 5.54 Å². The molecular formula is C25H22F2N2O2. The van der Waals surface area contributed by atoms with E-state index >= 15 is 0 Å². The number of benzene rings is 3. The lowest BCUT2D eigenvalue weighted by atomic mass is 9.97. The second-order valence-corrected chi connectivity index (χ2v) is 8.18. The van der Waals surface area contributed by atoms with E-state index in [9.17, 15) is 13.6 Å². The molecule has 0 fully saturated rings. The van der Waals surface area contributed by atoms with E-state index in [1.54, 1.807) is 12.1 Å². The molecule has 0 aliphatic carbocycles. The van der Waals surface area contributed by atoms with Gasteiger partial charge in [0.25, 0.3) is 5.91 Å². The Balaban J connectivity index is 1.57. The number of halogens is 2. The number of hydrogen-bond donors (Lipinski definition) is 1. The fourth-order valence-electron chi connectivity index (χ4n) is 3.44. The highest BCUT2D eigenvalue weighted by molar-refractivity contribution is 6.04. The van der Waals surface area contributed by atoms with E-state index < -0.39 is 23.1 Å². The summed E-state index contributed by atoms with van der Waals surface area (Å²) in [7, 11) is 0. The molecule has 1 amide bonds. The van der Waals surface area contributed by atoms with Gasteiger partial charge >= 0.3 is 0 Å². The zero-order valence-corrected chi connectivity index (χ0v) is 17.5. The number of amides is 1. The molecule has 1 heterocycles. The summed E-state index contributed by atoms with van der Waals surface area (Å²) in [6.07, 6.45) is 0. The molecule has 1 N–H and O–H groups in total. The molecule has 6 heteroatoms. The van der Waals surface area contributed by atoms with Crippen LogP contribution in [0.4, 0.5) is 14.5 Å². The predicted octanol–water partition coefficient (Wildman–Crippen LogP) is 5.75. The average molecular weight is 420 g/mol. The van der Waals surface area contributed by atoms with Gasteiger partial charge in [0.1, 0.15) is 23.8 Å². The van der Waals surface area contributed by atoms with Crippen LogP contribution in [0.3, 0.4) is 0 Å². The molecule has 0 saturated carbocycles. The van der Waals surface area contributed by atoms with Crippen LogP contribution in [-0.4, -0.2) is 24.0 Å². The Morgan fingerprint density at radius 3 is 2.26 bits per heavy atom. The van der Waals surface area contributed by atoms with Gasteiger partial charge in [-0.15, -0.1) is 0 Å². The summed E-state index contributed by atoms with van der Waals surface area (Å²) >= 11 is 0. The number of nitrogens with one attached hydrogen (secondary N) is 1. The van der Waals surface area contributed by atoms with Crippen molar-refractivity contribution in [1.82, 2.24) is 0 Å². The van der Waals surface area contributed by atoms with Crippen LogP contribution in [0.1, 0.15) is 35.3 Å². The van der Waals surface area contributed by atoms with Crippen LogP contribution in [0.15, 0.2) is 65.7 Å². The van der Waals surface area contributed by atoms with Crippen molar-refractivity contribution in [3.05, 3.63) is 89.0 Å². The third kappa shape index (κ3) is 4.33.